The minimum absolute atomic E-state index is 0.454. The molecule has 0 aromatic carbocycles. The summed E-state index contributed by atoms with van der Waals surface area (Å²) in [5.74, 6) is 1.38. The summed E-state index contributed by atoms with van der Waals surface area (Å²) in [5.41, 5.74) is 0. The Morgan fingerprint density at radius 2 is 2.00 bits per heavy atom. The Morgan fingerprint density at radius 1 is 1.31 bits per heavy atom. The Bertz CT molecular complexity index is 145. The number of rotatable bonds is 4. The topological polar surface area (TPSA) is 21.3 Å². The standard InChI is InChI=1S/C11H23NO/c1-8(2)7-13-10-5-11(9(3)4)12-6-10/h8-12H,5-7H2,1-4H3/t10-,11-/m0/s1. The van der Waals surface area contributed by atoms with Gasteiger partial charge in [-0.1, -0.05) is 27.7 Å². The summed E-state index contributed by atoms with van der Waals surface area (Å²) in [5, 5.41) is 3.50. The van der Waals surface area contributed by atoms with Crippen LogP contribution in [0.4, 0.5) is 0 Å². The average Bonchev–Trinajstić information content (AvgIpc) is 2.48. The minimum atomic E-state index is 0.454. The molecule has 1 aliphatic rings. The van der Waals surface area contributed by atoms with Crippen LogP contribution < -0.4 is 5.32 Å². The van der Waals surface area contributed by atoms with Crippen molar-refractivity contribution in [3.05, 3.63) is 0 Å². The van der Waals surface area contributed by atoms with Gasteiger partial charge in [0.05, 0.1) is 6.10 Å². The summed E-state index contributed by atoms with van der Waals surface area (Å²) in [7, 11) is 0. The first kappa shape index (κ1) is 11.0. The highest BCUT2D eigenvalue weighted by Crippen LogP contribution is 2.17. The fourth-order valence-electron chi connectivity index (χ4n) is 1.70. The highest BCUT2D eigenvalue weighted by Gasteiger charge is 2.26. The Hall–Kier alpha value is -0.0800. The van der Waals surface area contributed by atoms with E-state index in [9.17, 15) is 0 Å². The summed E-state index contributed by atoms with van der Waals surface area (Å²) < 4.78 is 5.78. The molecule has 1 fully saturated rings. The van der Waals surface area contributed by atoms with Gasteiger partial charge in [0.15, 0.2) is 0 Å². The lowest BCUT2D eigenvalue weighted by atomic mass is 10.0. The lowest BCUT2D eigenvalue weighted by Gasteiger charge is -2.15. The van der Waals surface area contributed by atoms with Crippen molar-refractivity contribution < 1.29 is 4.74 Å². The first-order chi connectivity index (χ1) is 6.09. The Labute approximate surface area is 82.0 Å². The van der Waals surface area contributed by atoms with Gasteiger partial charge in [-0.3, -0.25) is 0 Å². The zero-order valence-corrected chi connectivity index (χ0v) is 9.34. The molecule has 0 aromatic rings. The van der Waals surface area contributed by atoms with E-state index in [1.807, 2.05) is 0 Å². The number of ether oxygens (including phenoxy) is 1. The predicted octanol–water partition coefficient (Wildman–Crippen LogP) is 2.05. The zero-order chi connectivity index (χ0) is 9.84. The molecule has 0 spiro atoms. The van der Waals surface area contributed by atoms with Gasteiger partial charge in [-0.05, 0) is 18.3 Å². The molecule has 0 bridgehead atoms. The summed E-state index contributed by atoms with van der Waals surface area (Å²) >= 11 is 0. The van der Waals surface area contributed by atoms with Crippen LogP contribution in [0.15, 0.2) is 0 Å². The van der Waals surface area contributed by atoms with Crippen LogP contribution in [-0.4, -0.2) is 25.3 Å². The second-order valence-corrected chi connectivity index (χ2v) is 4.84. The molecule has 2 nitrogen and oxygen atoms in total. The van der Waals surface area contributed by atoms with Gasteiger partial charge in [0, 0.05) is 19.2 Å². The van der Waals surface area contributed by atoms with Gasteiger partial charge in [0.1, 0.15) is 0 Å². The third-order valence-electron chi connectivity index (χ3n) is 2.59. The van der Waals surface area contributed by atoms with Crippen LogP contribution in [0.25, 0.3) is 0 Å². The van der Waals surface area contributed by atoms with Crippen LogP contribution in [0.2, 0.25) is 0 Å². The van der Waals surface area contributed by atoms with Crippen molar-refractivity contribution >= 4 is 0 Å². The lowest BCUT2D eigenvalue weighted by Crippen LogP contribution is -2.26. The molecule has 78 valence electrons. The Morgan fingerprint density at radius 3 is 2.46 bits per heavy atom. The fraction of sp³-hybridized carbons (Fsp3) is 1.00. The molecule has 13 heavy (non-hydrogen) atoms. The first-order valence-electron chi connectivity index (χ1n) is 5.44. The fourth-order valence-corrected chi connectivity index (χ4v) is 1.70. The lowest BCUT2D eigenvalue weighted by molar-refractivity contribution is 0.0463. The summed E-state index contributed by atoms with van der Waals surface area (Å²) in [4.78, 5) is 0. The monoisotopic (exact) mass is 185 g/mol. The predicted molar refractivity (Wildman–Crippen MR) is 55.8 cm³/mol. The molecular weight excluding hydrogens is 162 g/mol. The van der Waals surface area contributed by atoms with Gasteiger partial charge >= 0.3 is 0 Å². The zero-order valence-electron chi connectivity index (χ0n) is 9.34. The van der Waals surface area contributed by atoms with Crippen LogP contribution in [0.3, 0.4) is 0 Å². The quantitative estimate of drug-likeness (QED) is 0.723. The molecular formula is C11H23NO. The van der Waals surface area contributed by atoms with Crippen LogP contribution in [0.1, 0.15) is 34.1 Å². The maximum Gasteiger partial charge on any atom is 0.0714 e. The van der Waals surface area contributed by atoms with E-state index in [-0.39, 0.29) is 0 Å². The van der Waals surface area contributed by atoms with E-state index < -0.39 is 0 Å². The van der Waals surface area contributed by atoms with E-state index >= 15 is 0 Å². The normalized spacial score (nSPS) is 29.1. The summed E-state index contributed by atoms with van der Waals surface area (Å²) in [6.45, 7) is 10.9. The van der Waals surface area contributed by atoms with Gasteiger partial charge in [-0.15, -0.1) is 0 Å². The van der Waals surface area contributed by atoms with Crippen molar-refractivity contribution in [3.63, 3.8) is 0 Å². The summed E-state index contributed by atoms with van der Waals surface area (Å²) in [6, 6.07) is 0.664. The van der Waals surface area contributed by atoms with Crippen LogP contribution in [-0.2, 0) is 4.74 Å². The van der Waals surface area contributed by atoms with Gasteiger partial charge in [-0.25, -0.2) is 0 Å². The number of hydrogen-bond donors (Lipinski definition) is 1. The molecule has 1 saturated heterocycles. The highest BCUT2D eigenvalue weighted by molar-refractivity contribution is 4.84. The van der Waals surface area contributed by atoms with Crippen molar-refractivity contribution in [1.82, 2.24) is 5.32 Å². The smallest absolute Gasteiger partial charge is 0.0714 e. The van der Waals surface area contributed by atoms with Crippen molar-refractivity contribution in [2.45, 2.75) is 46.3 Å². The van der Waals surface area contributed by atoms with E-state index in [2.05, 4.69) is 33.0 Å². The van der Waals surface area contributed by atoms with Gasteiger partial charge in [-0.2, -0.15) is 0 Å². The molecule has 0 aliphatic carbocycles. The molecule has 1 N–H and O–H groups in total. The van der Waals surface area contributed by atoms with Crippen molar-refractivity contribution in [3.8, 4) is 0 Å². The Kier molecular flexibility index (Phi) is 4.20. The van der Waals surface area contributed by atoms with Crippen molar-refractivity contribution in [2.24, 2.45) is 11.8 Å². The maximum atomic E-state index is 5.78. The van der Waals surface area contributed by atoms with E-state index in [0.717, 1.165) is 19.1 Å². The van der Waals surface area contributed by atoms with Crippen molar-refractivity contribution in [2.75, 3.05) is 13.2 Å². The second kappa shape index (κ2) is 4.97. The molecule has 0 radical (unpaired) electrons. The van der Waals surface area contributed by atoms with Crippen molar-refractivity contribution in [1.29, 1.82) is 0 Å². The minimum Gasteiger partial charge on any atom is -0.377 e. The maximum absolute atomic E-state index is 5.78. The molecule has 0 saturated carbocycles. The van der Waals surface area contributed by atoms with E-state index in [1.54, 1.807) is 0 Å². The third-order valence-corrected chi connectivity index (χ3v) is 2.59. The van der Waals surface area contributed by atoms with Gasteiger partial charge in [0.2, 0.25) is 0 Å². The largest absolute Gasteiger partial charge is 0.377 e. The average molecular weight is 185 g/mol. The first-order valence-corrected chi connectivity index (χ1v) is 5.44. The Balaban J connectivity index is 2.17. The molecule has 0 unspecified atom stereocenters. The summed E-state index contributed by atoms with van der Waals surface area (Å²) in [6.07, 6.45) is 1.64. The number of nitrogens with one attached hydrogen (secondary N) is 1. The molecule has 1 heterocycles. The SMILES string of the molecule is CC(C)CO[C@@H]1CN[C@H](C(C)C)C1. The van der Waals surface area contributed by atoms with Crippen LogP contribution >= 0.6 is 0 Å². The molecule has 0 amide bonds. The number of hydrogen-bond acceptors (Lipinski definition) is 2. The van der Waals surface area contributed by atoms with Crippen LogP contribution in [0.5, 0.6) is 0 Å². The van der Waals surface area contributed by atoms with E-state index in [1.165, 1.54) is 6.42 Å². The van der Waals surface area contributed by atoms with E-state index in [4.69, 9.17) is 4.74 Å². The molecule has 2 atom stereocenters. The van der Waals surface area contributed by atoms with Gasteiger partial charge in [0.25, 0.3) is 0 Å². The molecule has 0 aromatic heterocycles. The second-order valence-electron chi connectivity index (χ2n) is 4.84. The molecule has 1 rings (SSSR count). The third kappa shape index (κ3) is 3.65. The molecule has 1 aliphatic heterocycles. The molecule has 2 heteroatoms. The van der Waals surface area contributed by atoms with Crippen LogP contribution in [0, 0.1) is 11.8 Å². The highest BCUT2D eigenvalue weighted by atomic mass is 16.5. The van der Waals surface area contributed by atoms with E-state index in [0.29, 0.717) is 18.1 Å². The van der Waals surface area contributed by atoms with Gasteiger partial charge < -0.3 is 10.1 Å².